The molecule has 0 unspecified atom stereocenters. The van der Waals surface area contributed by atoms with Crippen molar-refractivity contribution >= 4 is 19.1 Å². The first-order valence-electron chi connectivity index (χ1n) is 1.39. The zero-order valence-corrected chi connectivity index (χ0v) is 4.22. The predicted molar refractivity (Wildman–Crippen MR) is 24.0 cm³/mol. The van der Waals surface area contributed by atoms with Crippen LogP contribution in [-0.4, -0.2) is 18.1 Å². The monoisotopic (exact) mass is 124 g/mol. The summed E-state index contributed by atoms with van der Waals surface area (Å²) in [5.74, 6) is 0. The lowest BCUT2D eigenvalue weighted by Crippen LogP contribution is -2.00. The smallest absolute Gasteiger partial charge is 0.450 e. The summed E-state index contributed by atoms with van der Waals surface area (Å²) >= 11 is 3.21. The Morgan fingerprint density at radius 2 is 2.43 bits per heavy atom. The van der Waals surface area contributed by atoms with Gasteiger partial charge in [-0.05, 0) is 12.9 Å². The second-order valence-corrected chi connectivity index (χ2v) is 0.915. The van der Waals surface area contributed by atoms with Crippen LogP contribution in [0.2, 0.25) is 0 Å². The zero-order valence-electron chi connectivity index (χ0n) is 3.33. The summed E-state index contributed by atoms with van der Waals surface area (Å²) in [6, 6.07) is 0. The van der Waals surface area contributed by atoms with Crippen LogP contribution in [0.3, 0.4) is 0 Å². The number of carboxylic acid groups (broad SMARTS) is 1. The molecule has 0 aliphatic rings. The average Bonchev–Trinajstić information content (AvgIpc) is 1.61. The minimum atomic E-state index is -1.37. The number of ether oxygens (including phenoxy) is 1. The fourth-order valence-electron chi connectivity index (χ4n) is 0.0768. The molecule has 0 aromatic heterocycles. The predicted octanol–water partition coefficient (Wildman–Crippen LogP) is 0.500. The average molecular weight is 124 g/mol. The van der Waals surface area contributed by atoms with Gasteiger partial charge in [-0.2, -0.15) is 0 Å². The summed E-state index contributed by atoms with van der Waals surface area (Å²) in [5, 5.41) is 7.71. The van der Waals surface area contributed by atoms with Crippen molar-refractivity contribution in [2.75, 3.05) is 6.79 Å². The number of hydrogen-bond donors (Lipinski definition) is 2. The standard InChI is InChI=1S/C2H4O4S/c3-2(4)5-1-6-7/h7H,1H2,(H,3,4). The first kappa shape index (κ1) is 6.58. The largest absolute Gasteiger partial charge is 0.507 e. The third-order valence-electron chi connectivity index (χ3n) is 0.235. The van der Waals surface area contributed by atoms with Crippen molar-refractivity contribution in [3.8, 4) is 0 Å². The minimum Gasteiger partial charge on any atom is -0.450 e. The normalized spacial score (nSPS) is 8.14. The Morgan fingerprint density at radius 3 is 2.57 bits per heavy atom. The van der Waals surface area contributed by atoms with Crippen LogP contribution in [0.1, 0.15) is 0 Å². The Labute approximate surface area is 45.7 Å². The van der Waals surface area contributed by atoms with Gasteiger partial charge in [0.2, 0.25) is 6.79 Å². The third kappa shape index (κ3) is 5.58. The molecule has 0 atom stereocenters. The van der Waals surface area contributed by atoms with E-state index in [1.54, 1.807) is 0 Å². The minimum absolute atomic E-state index is 0.335. The molecule has 42 valence electrons. The molecule has 0 saturated carbocycles. The van der Waals surface area contributed by atoms with Crippen molar-refractivity contribution < 1.29 is 18.8 Å². The van der Waals surface area contributed by atoms with E-state index in [2.05, 4.69) is 21.8 Å². The van der Waals surface area contributed by atoms with Gasteiger partial charge in [0.15, 0.2) is 0 Å². The molecule has 0 aromatic carbocycles. The fourth-order valence-corrected chi connectivity index (χ4v) is 0.129. The van der Waals surface area contributed by atoms with Gasteiger partial charge in [0.05, 0.1) is 0 Å². The summed E-state index contributed by atoms with van der Waals surface area (Å²) < 4.78 is 7.75. The SMILES string of the molecule is O=C(O)OCOS. The highest BCUT2D eigenvalue weighted by molar-refractivity contribution is 7.75. The van der Waals surface area contributed by atoms with E-state index in [9.17, 15) is 4.79 Å². The van der Waals surface area contributed by atoms with Crippen LogP contribution in [0.4, 0.5) is 4.79 Å². The number of hydrogen-bond acceptors (Lipinski definition) is 4. The summed E-state index contributed by atoms with van der Waals surface area (Å²) in [6.07, 6.45) is -1.37. The van der Waals surface area contributed by atoms with E-state index in [1.165, 1.54) is 0 Å². The summed E-state index contributed by atoms with van der Waals surface area (Å²) in [6.45, 7) is -0.335. The second-order valence-electron chi connectivity index (χ2n) is 0.657. The molecule has 1 N–H and O–H groups in total. The lowest BCUT2D eigenvalue weighted by atomic mass is 11.3. The Bertz CT molecular complexity index is 62.7. The lowest BCUT2D eigenvalue weighted by molar-refractivity contribution is 0.0365. The van der Waals surface area contributed by atoms with Gasteiger partial charge in [-0.3, -0.25) is 4.18 Å². The van der Waals surface area contributed by atoms with Crippen LogP contribution in [0, 0.1) is 0 Å². The maximum absolute atomic E-state index is 9.42. The number of carbonyl (C=O) groups is 1. The molecule has 4 nitrogen and oxygen atoms in total. The molecule has 0 aliphatic heterocycles. The third-order valence-corrected chi connectivity index (χ3v) is 0.341. The van der Waals surface area contributed by atoms with Crippen LogP contribution < -0.4 is 0 Å². The van der Waals surface area contributed by atoms with Gasteiger partial charge >= 0.3 is 6.16 Å². The van der Waals surface area contributed by atoms with Gasteiger partial charge < -0.3 is 9.84 Å². The first-order chi connectivity index (χ1) is 3.27. The Kier molecular flexibility index (Phi) is 3.53. The first-order valence-corrected chi connectivity index (χ1v) is 1.76. The van der Waals surface area contributed by atoms with Crippen LogP contribution in [0.5, 0.6) is 0 Å². The summed E-state index contributed by atoms with van der Waals surface area (Å²) in [7, 11) is 0. The van der Waals surface area contributed by atoms with E-state index in [0.717, 1.165) is 0 Å². The highest BCUT2D eigenvalue weighted by atomic mass is 32.1. The molecule has 0 amide bonds. The molecule has 0 rings (SSSR count). The Hall–Kier alpha value is -0.420. The fraction of sp³-hybridized carbons (Fsp3) is 0.500. The molecule has 0 spiro atoms. The van der Waals surface area contributed by atoms with E-state index in [0.29, 0.717) is 0 Å². The molecule has 0 aromatic rings. The van der Waals surface area contributed by atoms with E-state index < -0.39 is 6.16 Å². The molecular weight excluding hydrogens is 120 g/mol. The highest BCUT2D eigenvalue weighted by Crippen LogP contribution is 1.79. The van der Waals surface area contributed by atoms with E-state index in [4.69, 9.17) is 5.11 Å². The number of thiol groups is 1. The molecule has 0 bridgehead atoms. The molecule has 0 aliphatic carbocycles. The molecule has 5 heteroatoms. The van der Waals surface area contributed by atoms with Crippen LogP contribution in [-0.2, 0) is 8.92 Å². The lowest BCUT2D eigenvalue weighted by Gasteiger charge is -1.91. The molecule has 7 heavy (non-hydrogen) atoms. The molecular formula is C2H4O4S. The number of rotatable bonds is 2. The Morgan fingerprint density at radius 1 is 1.86 bits per heavy atom. The molecule has 0 heterocycles. The van der Waals surface area contributed by atoms with E-state index in [-0.39, 0.29) is 6.79 Å². The van der Waals surface area contributed by atoms with Crippen molar-refractivity contribution in [3.63, 3.8) is 0 Å². The van der Waals surface area contributed by atoms with Gasteiger partial charge in [-0.1, -0.05) is 0 Å². The highest BCUT2D eigenvalue weighted by Gasteiger charge is 1.90. The van der Waals surface area contributed by atoms with Crippen molar-refractivity contribution in [3.05, 3.63) is 0 Å². The van der Waals surface area contributed by atoms with Crippen LogP contribution in [0.15, 0.2) is 0 Å². The van der Waals surface area contributed by atoms with Crippen molar-refractivity contribution in [1.29, 1.82) is 0 Å². The van der Waals surface area contributed by atoms with E-state index in [1.807, 2.05) is 0 Å². The van der Waals surface area contributed by atoms with Gasteiger partial charge in [-0.25, -0.2) is 4.79 Å². The molecule has 0 radical (unpaired) electrons. The van der Waals surface area contributed by atoms with Crippen molar-refractivity contribution in [2.45, 2.75) is 0 Å². The summed E-state index contributed by atoms with van der Waals surface area (Å²) in [4.78, 5) is 9.42. The van der Waals surface area contributed by atoms with Gasteiger partial charge in [0, 0.05) is 0 Å². The summed E-state index contributed by atoms with van der Waals surface area (Å²) in [5.41, 5.74) is 0. The van der Waals surface area contributed by atoms with Crippen LogP contribution in [0.25, 0.3) is 0 Å². The zero-order chi connectivity index (χ0) is 5.70. The van der Waals surface area contributed by atoms with Gasteiger partial charge in [0.25, 0.3) is 0 Å². The Balaban J connectivity index is 2.82. The van der Waals surface area contributed by atoms with Gasteiger partial charge in [0.1, 0.15) is 0 Å². The topological polar surface area (TPSA) is 55.8 Å². The van der Waals surface area contributed by atoms with Crippen molar-refractivity contribution in [2.24, 2.45) is 0 Å². The molecule has 0 fully saturated rings. The van der Waals surface area contributed by atoms with Crippen molar-refractivity contribution in [1.82, 2.24) is 0 Å². The maximum atomic E-state index is 9.42. The maximum Gasteiger partial charge on any atom is 0.507 e. The van der Waals surface area contributed by atoms with Crippen LogP contribution >= 0.6 is 12.9 Å². The molecule has 0 saturated heterocycles. The van der Waals surface area contributed by atoms with E-state index >= 15 is 0 Å². The van der Waals surface area contributed by atoms with Gasteiger partial charge in [-0.15, -0.1) is 0 Å². The second kappa shape index (κ2) is 3.76. The quantitative estimate of drug-likeness (QED) is 0.243.